The monoisotopic (exact) mass is 812 g/mol. The molecule has 0 saturated carbocycles. The van der Waals surface area contributed by atoms with Gasteiger partial charge in [-0.05, 0) is 65.8 Å². The van der Waals surface area contributed by atoms with Crippen LogP contribution in [0.5, 0.6) is 11.5 Å². The SMILES string of the molecule is CC(C)OC(=O)[C@H](C)NP(=O)(OC[C@H]1O[C@@H](n2ccc(=O)[nH]c2=O)C(F)C1(C)COP(=O)(N[C@@H](C)C(=O)OC(C)C)Oc1ccccc1)Oc1ccccc1. The van der Waals surface area contributed by atoms with E-state index in [0.717, 1.165) is 16.8 Å². The summed E-state index contributed by atoms with van der Waals surface area (Å²) in [6, 6.07) is 14.3. The number of hydrogen-bond acceptors (Lipinski definition) is 13. The highest BCUT2D eigenvalue weighted by Gasteiger charge is 2.57. The lowest BCUT2D eigenvalue weighted by Crippen LogP contribution is -2.44. The van der Waals surface area contributed by atoms with Gasteiger partial charge < -0.3 is 23.3 Å². The summed E-state index contributed by atoms with van der Waals surface area (Å²) in [6.45, 7) is 9.14. The van der Waals surface area contributed by atoms with Gasteiger partial charge in [0.15, 0.2) is 12.4 Å². The van der Waals surface area contributed by atoms with E-state index in [-0.39, 0.29) is 11.5 Å². The van der Waals surface area contributed by atoms with Crippen LogP contribution in [0.25, 0.3) is 0 Å². The van der Waals surface area contributed by atoms with Gasteiger partial charge in [0.1, 0.15) is 23.6 Å². The summed E-state index contributed by atoms with van der Waals surface area (Å²) in [7, 11) is -9.09. The van der Waals surface area contributed by atoms with Crippen molar-refractivity contribution < 1.29 is 55.4 Å². The summed E-state index contributed by atoms with van der Waals surface area (Å²) >= 11 is 0. The molecule has 0 aliphatic carbocycles. The number of carbonyl (C=O) groups is 2. The number of nitrogens with one attached hydrogen (secondary N) is 3. The van der Waals surface area contributed by atoms with Gasteiger partial charge in [-0.1, -0.05) is 43.3 Å². The highest BCUT2D eigenvalue weighted by Crippen LogP contribution is 2.53. The third kappa shape index (κ3) is 11.9. The Morgan fingerprint density at radius 1 is 0.818 bits per heavy atom. The van der Waals surface area contributed by atoms with Crippen molar-refractivity contribution in [1.29, 1.82) is 0 Å². The van der Waals surface area contributed by atoms with E-state index in [1.807, 2.05) is 4.98 Å². The molecule has 0 spiro atoms. The highest BCUT2D eigenvalue weighted by atomic mass is 31.2. The molecule has 3 N–H and O–H groups in total. The molecule has 1 aliphatic rings. The van der Waals surface area contributed by atoms with E-state index in [9.17, 15) is 28.3 Å². The number of alkyl halides is 1. The normalized spacial score (nSPS) is 23.0. The van der Waals surface area contributed by atoms with E-state index >= 15 is 4.39 Å². The molecule has 0 amide bonds. The molecule has 2 aromatic carbocycles. The van der Waals surface area contributed by atoms with Crippen LogP contribution in [0, 0.1) is 5.41 Å². The Kier molecular flexibility index (Phi) is 14.8. The third-order valence-corrected chi connectivity index (χ3v) is 11.3. The number of carbonyl (C=O) groups excluding carboxylic acids is 2. The molecule has 0 bridgehead atoms. The smallest absolute Gasteiger partial charge is 0.459 e. The Morgan fingerprint density at radius 2 is 1.29 bits per heavy atom. The number of para-hydroxylation sites is 2. The number of esters is 2. The number of nitrogens with zero attached hydrogens (tertiary/aromatic N) is 1. The van der Waals surface area contributed by atoms with Crippen LogP contribution in [0.15, 0.2) is 82.5 Å². The van der Waals surface area contributed by atoms with E-state index < -0.39 is 100 Å². The molecule has 302 valence electrons. The molecule has 1 fully saturated rings. The fourth-order valence-corrected chi connectivity index (χ4v) is 8.29. The second-order valence-electron chi connectivity index (χ2n) is 13.5. The average Bonchev–Trinajstić information content (AvgIpc) is 3.35. The summed E-state index contributed by atoms with van der Waals surface area (Å²) in [5.74, 6) is -1.36. The molecule has 4 rings (SSSR count). The summed E-state index contributed by atoms with van der Waals surface area (Å²) in [4.78, 5) is 52.1. The van der Waals surface area contributed by atoms with Crippen LogP contribution in [0.2, 0.25) is 0 Å². The maximum Gasteiger partial charge on any atom is 0.459 e. The largest absolute Gasteiger partial charge is 0.462 e. The minimum atomic E-state index is -4.56. The zero-order valence-electron chi connectivity index (χ0n) is 31.4. The summed E-state index contributed by atoms with van der Waals surface area (Å²) < 4.78 is 86.0. The Bertz CT molecular complexity index is 1970. The molecule has 8 atom stereocenters. The van der Waals surface area contributed by atoms with Crippen molar-refractivity contribution in [3.05, 3.63) is 93.8 Å². The molecule has 1 aliphatic heterocycles. The van der Waals surface area contributed by atoms with E-state index in [2.05, 4.69) is 10.2 Å². The maximum atomic E-state index is 16.9. The first-order valence-corrected chi connectivity index (χ1v) is 20.5. The summed E-state index contributed by atoms with van der Waals surface area (Å²) in [5.41, 5.74) is -3.63. The van der Waals surface area contributed by atoms with Gasteiger partial charge in [-0.15, -0.1) is 0 Å². The zero-order valence-corrected chi connectivity index (χ0v) is 33.2. The van der Waals surface area contributed by atoms with Crippen LogP contribution in [0.4, 0.5) is 4.39 Å². The van der Waals surface area contributed by atoms with Gasteiger partial charge in [-0.25, -0.2) is 18.3 Å². The van der Waals surface area contributed by atoms with Gasteiger partial charge in [-0.2, -0.15) is 10.2 Å². The predicted molar refractivity (Wildman–Crippen MR) is 197 cm³/mol. The topological polar surface area (TPSA) is 212 Å². The van der Waals surface area contributed by atoms with Crippen molar-refractivity contribution in [2.75, 3.05) is 13.2 Å². The van der Waals surface area contributed by atoms with Crippen LogP contribution < -0.4 is 30.5 Å². The minimum absolute atomic E-state index is 0.0834. The molecule has 1 aromatic heterocycles. The zero-order chi connectivity index (χ0) is 40.6. The number of rotatable bonds is 19. The Hall–Kier alpha value is -4.15. The molecule has 20 heteroatoms. The van der Waals surface area contributed by atoms with Crippen molar-refractivity contribution in [1.82, 2.24) is 19.7 Å². The van der Waals surface area contributed by atoms with Gasteiger partial charge in [0.05, 0.1) is 36.9 Å². The number of aromatic amines is 1. The molecule has 2 heterocycles. The van der Waals surface area contributed by atoms with E-state index in [1.165, 1.54) is 45.0 Å². The van der Waals surface area contributed by atoms with Crippen molar-refractivity contribution in [3.8, 4) is 11.5 Å². The van der Waals surface area contributed by atoms with Crippen LogP contribution in [0.1, 0.15) is 54.7 Å². The number of H-pyrrole nitrogens is 1. The second kappa shape index (κ2) is 18.7. The first-order chi connectivity index (χ1) is 25.8. The predicted octanol–water partition coefficient (Wildman–Crippen LogP) is 5.05. The lowest BCUT2D eigenvalue weighted by Gasteiger charge is -2.33. The Labute approximate surface area is 317 Å². The Morgan fingerprint density at radius 3 is 1.75 bits per heavy atom. The first-order valence-electron chi connectivity index (χ1n) is 17.4. The van der Waals surface area contributed by atoms with Crippen molar-refractivity contribution in [3.63, 3.8) is 0 Å². The maximum absolute atomic E-state index is 16.9. The quantitative estimate of drug-likeness (QED) is 0.107. The number of hydrogen-bond donors (Lipinski definition) is 3. The molecule has 0 radical (unpaired) electrons. The first kappa shape index (κ1) is 43.6. The van der Waals surface area contributed by atoms with Crippen LogP contribution in [0.3, 0.4) is 0 Å². The van der Waals surface area contributed by atoms with E-state index in [0.29, 0.717) is 0 Å². The minimum Gasteiger partial charge on any atom is -0.462 e. The number of aromatic nitrogens is 2. The molecule has 4 unspecified atom stereocenters. The fraction of sp³-hybridized carbons (Fsp3) is 0.486. The Balaban J connectivity index is 1.69. The molecule has 17 nitrogen and oxygen atoms in total. The van der Waals surface area contributed by atoms with E-state index in [1.54, 1.807) is 64.1 Å². The third-order valence-electron chi connectivity index (χ3n) is 8.04. The standard InChI is InChI=1S/C35H47FN4O13P2/c1-22(2)49-32(42)24(5)38-54(45,52-26-14-10-8-11-15-26)47-20-28-35(7,30(36)31(51-28)40-19-18-29(41)37-34(40)44)21-48-55(46,53-27-16-12-9-13-17-27)39-25(6)33(43)50-23(3)4/h8-19,22-25,28,30-31H,20-21H2,1-7H3,(H,38,45)(H,39,46)(H,37,41,44)/t24-,25-,28+,30?,31+,35?,54?,55?/m0/s1. The molecule has 55 heavy (non-hydrogen) atoms. The highest BCUT2D eigenvalue weighted by molar-refractivity contribution is 7.52. The molecule has 1 saturated heterocycles. The molecular weight excluding hydrogens is 765 g/mol. The molecular formula is C35H47FN4O13P2. The van der Waals surface area contributed by atoms with Crippen LogP contribution in [-0.4, -0.2) is 71.3 Å². The van der Waals surface area contributed by atoms with Gasteiger partial charge in [0.25, 0.3) is 5.56 Å². The number of halogens is 1. The van der Waals surface area contributed by atoms with Crippen molar-refractivity contribution in [2.24, 2.45) is 5.41 Å². The summed E-state index contributed by atoms with van der Waals surface area (Å²) in [6.07, 6.45) is -5.27. The van der Waals surface area contributed by atoms with E-state index in [4.69, 9.17) is 32.3 Å². The lowest BCUT2D eigenvalue weighted by molar-refractivity contribution is -0.150. The lowest BCUT2D eigenvalue weighted by atomic mass is 9.82. The van der Waals surface area contributed by atoms with Crippen LogP contribution in [-0.2, 0) is 42.0 Å². The second-order valence-corrected chi connectivity index (χ2v) is 16.9. The van der Waals surface area contributed by atoms with Gasteiger partial charge in [-0.3, -0.25) is 33.0 Å². The van der Waals surface area contributed by atoms with Crippen molar-refractivity contribution in [2.45, 2.75) is 91.3 Å². The van der Waals surface area contributed by atoms with Crippen LogP contribution >= 0.6 is 15.5 Å². The summed E-state index contributed by atoms with van der Waals surface area (Å²) in [5, 5.41) is 5.07. The fourth-order valence-electron chi connectivity index (χ4n) is 5.19. The van der Waals surface area contributed by atoms with Gasteiger partial charge in [0.2, 0.25) is 0 Å². The average molecular weight is 813 g/mol. The van der Waals surface area contributed by atoms with Gasteiger partial charge in [0, 0.05) is 12.3 Å². The molecule has 3 aromatic rings. The number of benzene rings is 2. The number of ether oxygens (including phenoxy) is 3. The van der Waals surface area contributed by atoms with Gasteiger partial charge >= 0.3 is 33.1 Å². The van der Waals surface area contributed by atoms with Crippen molar-refractivity contribution >= 4 is 27.4 Å².